The Morgan fingerprint density at radius 1 is 1.12 bits per heavy atom. The van der Waals surface area contributed by atoms with Crippen molar-refractivity contribution >= 4 is 15.9 Å². The summed E-state index contributed by atoms with van der Waals surface area (Å²) in [7, 11) is -0.903. The maximum absolute atomic E-state index is 12.9. The van der Waals surface area contributed by atoms with E-state index in [9.17, 15) is 18.3 Å². The van der Waals surface area contributed by atoms with E-state index in [4.69, 9.17) is 14.2 Å². The van der Waals surface area contributed by atoms with Crippen molar-refractivity contribution in [2.45, 2.75) is 49.0 Å². The second-order valence-electron chi connectivity index (χ2n) is 7.77. The van der Waals surface area contributed by atoms with Gasteiger partial charge in [-0.2, -0.15) is 0 Å². The molecule has 9 nitrogen and oxygen atoms in total. The van der Waals surface area contributed by atoms with Gasteiger partial charge in [0.15, 0.2) is 0 Å². The number of sulfonamides is 1. The third kappa shape index (κ3) is 6.67. The molecule has 0 radical (unpaired) electrons. The van der Waals surface area contributed by atoms with Gasteiger partial charge in [0.2, 0.25) is 15.9 Å². The molecule has 0 bridgehead atoms. The fourth-order valence-electron chi connectivity index (χ4n) is 3.78. The lowest BCUT2D eigenvalue weighted by molar-refractivity contribution is -0.130. The molecule has 0 aliphatic carbocycles. The Bertz CT molecular complexity index is 1040. The molecule has 3 atom stereocenters. The Morgan fingerprint density at radius 3 is 2.64 bits per heavy atom. The maximum Gasteiger partial charge on any atom is 0.244 e. The third-order valence-corrected chi connectivity index (χ3v) is 7.03. The molecule has 1 aliphatic heterocycles. The number of para-hydroxylation sites is 1. The zero-order chi connectivity index (χ0) is 23.8. The summed E-state index contributed by atoms with van der Waals surface area (Å²) in [4.78, 5) is 12.4. The summed E-state index contributed by atoms with van der Waals surface area (Å²) in [5.74, 6) is 0.755. The number of nitrogens with one attached hydrogen (secondary N) is 2. The highest BCUT2D eigenvalue weighted by atomic mass is 32.2. The van der Waals surface area contributed by atoms with Crippen LogP contribution in [0, 0.1) is 0 Å². The molecule has 0 spiro atoms. The topological polar surface area (TPSA) is 123 Å². The molecule has 1 aliphatic rings. The van der Waals surface area contributed by atoms with Crippen molar-refractivity contribution in [2.24, 2.45) is 0 Å². The Morgan fingerprint density at radius 2 is 1.91 bits per heavy atom. The van der Waals surface area contributed by atoms with E-state index in [-0.39, 0.29) is 29.6 Å². The first-order valence-corrected chi connectivity index (χ1v) is 12.2. The summed E-state index contributed by atoms with van der Waals surface area (Å²) in [5, 5.41) is 12.6. The molecule has 0 aromatic heterocycles. The first kappa shape index (κ1) is 25.0. The second-order valence-corrected chi connectivity index (χ2v) is 9.45. The quantitative estimate of drug-likeness (QED) is 0.474. The predicted molar refractivity (Wildman–Crippen MR) is 122 cm³/mol. The summed E-state index contributed by atoms with van der Waals surface area (Å²) < 4.78 is 44.5. The predicted octanol–water partition coefficient (Wildman–Crippen LogP) is 1.60. The molecule has 3 rings (SSSR count). The van der Waals surface area contributed by atoms with Gasteiger partial charge in [-0.15, -0.1) is 0 Å². The van der Waals surface area contributed by atoms with Crippen LogP contribution >= 0.6 is 0 Å². The van der Waals surface area contributed by atoms with Gasteiger partial charge in [-0.05, 0) is 42.7 Å². The molecule has 0 unspecified atom stereocenters. The van der Waals surface area contributed by atoms with E-state index >= 15 is 0 Å². The van der Waals surface area contributed by atoms with E-state index in [0.717, 1.165) is 5.56 Å². The molecular formula is C23H30N2O7S. The number of rotatable bonds is 10. The smallest absolute Gasteiger partial charge is 0.244 e. The van der Waals surface area contributed by atoms with Crippen molar-refractivity contribution in [1.82, 2.24) is 10.0 Å². The molecule has 33 heavy (non-hydrogen) atoms. The SMILES string of the molecule is COc1cccc(CNC(=O)C[C@@H]2CC[C@H](NS(=O)(=O)c3ccccc3OC)[C@@H](CO)O2)c1. The number of benzene rings is 2. The van der Waals surface area contributed by atoms with Crippen LogP contribution < -0.4 is 19.5 Å². The largest absolute Gasteiger partial charge is 0.497 e. The summed E-state index contributed by atoms with van der Waals surface area (Å²) in [6, 6.07) is 13.1. The van der Waals surface area contributed by atoms with Crippen LogP contribution in [0.2, 0.25) is 0 Å². The number of methoxy groups -OCH3 is 2. The summed E-state index contributed by atoms with van der Waals surface area (Å²) >= 11 is 0. The molecule has 2 aromatic carbocycles. The molecular weight excluding hydrogens is 448 g/mol. The number of carbonyl (C=O) groups excluding carboxylic acids is 1. The number of ether oxygens (including phenoxy) is 3. The summed E-state index contributed by atoms with van der Waals surface area (Å²) in [6.45, 7) is -0.0193. The van der Waals surface area contributed by atoms with Crippen molar-refractivity contribution in [3.8, 4) is 11.5 Å². The van der Waals surface area contributed by atoms with Gasteiger partial charge in [0, 0.05) is 6.54 Å². The minimum atomic E-state index is -3.89. The Labute approximate surface area is 194 Å². The number of aliphatic hydroxyl groups is 1. The van der Waals surface area contributed by atoms with Gasteiger partial charge in [-0.25, -0.2) is 13.1 Å². The molecule has 10 heteroatoms. The number of amides is 1. The van der Waals surface area contributed by atoms with E-state index in [1.807, 2.05) is 24.3 Å². The van der Waals surface area contributed by atoms with Gasteiger partial charge >= 0.3 is 0 Å². The van der Waals surface area contributed by atoms with Gasteiger partial charge in [-0.1, -0.05) is 24.3 Å². The third-order valence-electron chi connectivity index (χ3n) is 5.50. The zero-order valence-corrected chi connectivity index (χ0v) is 19.5. The number of aliphatic hydroxyl groups excluding tert-OH is 1. The molecule has 2 aromatic rings. The fraction of sp³-hybridized carbons (Fsp3) is 0.435. The van der Waals surface area contributed by atoms with Crippen molar-refractivity contribution in [2.75, 3.05) is 20.8 Å². The van der Waals surface area contributed by atoms with Crippen molar-refractivity contribution in [3.05, 3.63) is 54.1 Å². The fourth-order valence-corrected chi connectivity index (χ4v) is 5.25. The summed E-state index contributed by atoms with van der Waals surface area (Å²) in [5.41, 5.74) is 0.909. The first-order chi connectivity index (χ1) is 15.9. The monoisotopic (exact) mass is 478 g/mol. The standard InChI is InChI=1S/C23H30N2O7S/c1-30-17-7-5-6-16(12-17)14-24-23(27)13-18-10-11-19(21(15-26)32-18)25-33(28,29)22-9-4-3-8-20(22)31-2/h3-9,12,18-19,21,25-26H,10-11,13-15H2,1-2H3,(H,24,27)/t18-,19-,21+/m0/s1. The first-order valence-electron chi connectivity index (χ1n) is 10.7. The minimum absolute atomic E-state index is 0.0169. The molecule has 1 heterocycles. The average Bonchev–Trinajstić information content (AvgIpc) is 2.83. The average molecular weight is 479 g/mol. The Kier molecular flexibility index (Phi) is 8.67. The number of hydrogen-bond donors (Lipinski definition) is 3. The van der Waals surface area contributed by atoms with Crippen LogP contribution in [0.5, 0.6) is 11.5 Å². The minimum Gasteiger partial charge on any atom is -0.497 e. The molecule has 0 saturated carbocycles. The van der Waals surface area contributed by atoms with Crippen LogP contribution in [0.15, 0.2) is 53.4 Å². The number of carbonyl (C=O) groups is 1. The molecule has 1 saturated heterocycles. The van der Waals surface area contributed by atoms with E-state index < -0.39 is 28.3 Å². The second kappa shape index (κ2) is 11.5. The highest BCUT2D eigenvalue weighted by molar-refractivity contribution is 7.89. The Hall–Kier alpha value is -2.66. The van der Waals surface area contributed by atoms with E-state index in [1.165, 1.54) is 13.2 Å². The van der Waals surface area contributed by atoms with Crippen LogP contribution in [-0.2, 0) is 26.1 Å². The lowest BCUT2D eigenvalue weighted by Gasteiger charge is -2.35. The Balaban J connectivity index is 1.55. The van der Waals surface area contributed by atoms with Gasteiger partial charge < -0.3 is 24.6 Å². The van der Waals surface area contributed by atoms with Gasteiger partial charge in [-0.3, -0.25) is 4.79 Å². The van der Waals surface area contributed by atoms with Gasteiger partial charge in [0.1, 0.15) is 16.4 Å². The van der Waals surface area contributed by atoms with E-state index in [1.54, 1.807) is 25.3 Å². The summed E-state index contributed by atoms with van der Waals surface area (Å²) in [6.07, 6.45) is -0.166. The molecule has 3 N–H and O–H groups in total. The van der Waals surface area contributed by atoms with Crippen LogP contribution in [-0.4, -0.2) is 58.5 Å². The zero-order valence-electron chi connectivity index (χ0n) is 18.7. The van der Waals surface area contributed by atoms with Crippen molar-refractivity contribution in [3.63, 3.8) is 0 Å². The normalized spacial score (nSPS) is 20.8. The maximum atomic E-state index is 12.9. The van der Waals surface area contributed by atoms with Crippen LogP contribution in [0.25, 0.3) is 0 Å². The molecule has 180 valence electrons. The van der Waals surface area contributed by atoms with Crippen molar-refractivity contribution in [1.29, 1.82) is 0 Å². The van der Waals surface area contributed by atoms with Crippen LogP contribution in [0.1, 0.15) is 24.8 Å². The highest BCUT2D eigenvalue weighted by Crippen LogP contribution is 2.27. The number of hydrogen-bond acceptors (Lipinski definition) is 7. The van der Waals surface area contributed by atoms with Crippen molar-refractivity contribution < 1.29 is 32.5 Å². The van der Waals surface area contributed by atoms with Gasteiger partial charge in [0.25, 0.3) is 0 Å². The van der Waals surface area contributed by atoms with Crippen LogP contribution in [0.4, 0.5) is 0 Å². The molecule has 1 fully saturated rings. The highest BCUT2D eigenvalue weighted by Gasteiger charge is 2.35. The van der Waals surface area contributed by atoms with Crippen LogP contribution in [0.3, 0.4) is 0 Å². The lowest BCUT2D eigenvalue weighted by atomic mass is 9.98. The van der Waals surface area contributed by atoms with E-state index in [2.05, 4.69) is 10.0 Å². The molecule has 1 amide bonds. The van der Waals surface area contributed by atoms with Gasteiger partial charge in [0.05, 0.1) is 45.5 Å². The lowest BCUT2D eigenvalue weighted by Crippen LogP contribution is -2.51. The van der Waals surface area contributed by atoms with E-state index in [0.29, 0.717) is 25.1 Å².